The lowest BCUT2D eigenvalue weighted by Gasteiger charge is -2.18. The van der Waals surface area contributed by atoms with E-state index in [0.717, 1.165) is 148 Å². The summed E-state index contributed by atoms with van der Waals surface area (Å²) in [5.41, 5.74) is 0. The van der Waals surface area contributed by atoms with Gasteiger partial charge in [0.05, 0.1) is 0 Å². The molecule has 0 aliphatic carbocycles. The van der Waals surface area contributed by atoms with Crippen LogP contribution < -0.4 is 0 Å². The van der Waals surface area contributed by atoms with E-state index in [1.807, 2.05) is 0 Å². The number of carbonyl (C=O) groups excluding carboxylic acids is 3. The summed E-state index contributed by atoms with van der Waals surface area (Å²) < 4.78 is 16.8. The van der Waals surface area contributed by atoms with Crippen molar-refractivity contribution in [3.63, 3.8) is 0 Å². The molecule has 6 heteroatoms. The van der Waals surface area contributed by atoms with Gasteiger partial charge < -0.3 is 14.2 Å². The highest BCUT2D eigenvalue weighted by Crippen LogP contribution is 2.13. The van der Waals surface area contributed by atoms with Gasteiger partial charge in [-0.1, -0.05) is 224 Å². The Labute approximate surface area is 442 Å². The average molecular weight is 994 g/mol. The second kappa shape index (κ2) is 58.9. The highest BCUT2D eigenvalue weighted by molar-refractivity contribution is 5.71. The van der Waals surface area contributed by atoms with E-state index >= 15 is 0 Å². The summed E-state index contributed by atoms with van der Waals surface area (Å²) in [4.78, 5) is 38.0. The number of ether oxygens (including phenoxy) is 3. The van der Waals surface area contributed by atoms with Gasteiger partial charge in [-0.15, -0.1) is 0 Å². The van der Waals surface area contributed by atoms with Gasteiger partial charge >= 0.3 is 17.9 Å². The van der Waals surface area contributed by atoms with Crippen LogP contribution in [-0.2, 0) is 28.6 Å². The molecule has 0 spiro atoms. The fourth-order valence-corrected chi connectivity index (χ4v) is 7.30. The molecule has 0 fully saturated rings. The maximum atomic E-state index is 12.8. The van der Waals surface area contributed by atoms with Gasteiger partial charge in [0.25, 0.3) is 0 Å². The molecule has 0 aromatic carbocycles. The normalized spacial score (nSPS) is 13.2. The Morgan fingerprint density at radius 1 is 0.292 bits per heavy atom. The molecule has 72 heavy (non-hydrogen) atoms. The fourth-order valence-electron chi connectivity index (χ4n) is 7.30. The molecule has 0 heterocycles. The van der Waals surface area contributed by atoms with Gasteiger partial charge in [-0.05, 0) is 135 Å². The zero-order valence-corrected chi connectivity index (χ0v) is 46.1. The number of hydrogen-bond acceptors (Lipinski definition) is 6. The molecule has 0 aromatic rings. The molecule has 0 saturated carbocycles. The van der Waals surface area contributed by atoms with Crippen molar-refractivity contribution in [2.75, 3.05) is 13.2 Å². The molecule has 0 aliphatic rings. The first-order valence-corrected chi connectivity index (χ1v) is 28.8. The minimum Gasteiger partial charge on any atom is -0.462 e. The smallest absolute Gasteiger partial charge is 0.306 e. The third-order valence-corrected chi connectivity index (χ3v) is 11.5. The second-order valence-electron chi connectivity index (χ2n) is 18.4. The zero-order valence-electron chi connectivity index (χ0n) is 46.1. The monoisotopic (exact) mass is 993 g/mol. The number of rotatable bonds is 50. The van der Waals surface area contributed by atoms with Gasteiger partial charge in [0.2, 0.25) is 0 Å². The lowest BCUT2D eigenvalue weighted by molar-refractivity contribution is -0.167. The van der Waals surface area contributed by atoms with E-state index in [1.165, 1.54) is 38.5 Å². The van der Waals surface area contributed by atoms with E-state index in [0.29, 0.717) is 19.3 Å². The summed E-state index contributed by atoms with van der Waals surface area (Å²) in [5, 5.41) is 0. The van der Waals surface area contributed by atoms with Gasteiger partial charge in [0.15, 0.2) is 6.10 Å². The van der Waals surface area contributed by atoms with Crippen molar-refractivity contribution in [1.82, 2.24) is 0 Å². The Balaban J connectivity index is 4.33. The Hall–Kier alpha value is -4.71. The molecule has 0 aromatic heterocycles. The molecule has 1 atom stereocenters. The minimum atomic E-state index is -0.813. The summed E-state index contributed by atoms with van der Waals surface area (Å²) in [6.07, 6.45) is 84.2. The minimum absolute atomic E-state index is 0.108. The molecule has 0 amide bonds. The number of allylic oxidation sites excluding steroid dienone is 24. The average Bonchev–Trinajstić information content (AvgIpc) is 3.38. The first-order chi connectivity index (χ1) is 35.5. The van der Waals surface area contributed by atoms with E-state index < -0.39 is 6.10 Å². The standard InChI is InChI=1S/C66H104O6/c1-4-7-10-13-16-19-22-24-26-27-28-29-30-31-32-33-34-35-36-37-38-39-41-42-44-47-50-53-56-59-65(68)71-62-63(61-70-64(67)58-55-52-49-46-21-18-15-12-9-6-3)72-66(69)60-57-54-51-48-45-43-40-25-23-20-17-14-11-8-5-2/h7-8,10-12,15-17,19-20,24-26,28-29,31-32,34-35,37-38,40,45,48,63H,4-6,9,13-14,18,21-23,27,30,33,36,39,41-44,46-47,49-62H2,1-3H3/b10-7-,11-8-,15-12-,19-16-,20-17-,26-24-,29-28-,32-31-,35-34-,38-37-,40-25-,48-45-. The molecule has 0 aliphatic heterocycles. The van der Waals surface area contributed by atoms with Crippen LogP contribution in [0.15, 0.2) is 146 Å². The molecule has 0 radical (unpaired) electrons. The Morgan fingerprint density at radius 3 is 0.889 bits per heavy atom. The highest BCUT2D eigenvalue weighted by Gasteiger charge is 2.19. The Kier molecular flexibility index (Phi) is 55.0. The molecule has 0 saturated heterocycles. The summed E-state index contributed by atoms with van der Waals surface area (Å²) in [6.45, 7) is 6.28. The fraction of sp³-hybridized carbons (Fsp3) is 0.591. The van der Waals surface area contributed by atoms with Gasteiger partial charge in [0.1, 0.15) is 13.2 Å². The van der Waals surface area contributed by atoms with E-state index in [9.17, 15) is 14.4 Å². The van der Waals surface area contributed by atoms with Crippen LogP contribution >= 0.6 is 0 Å². The number of esters is 3. The zero-order chi connectivity index (χ0) is 52.2. The van der Waals surface area contributed by atoms with Crippen LogP contribution in [0, 0.1) is 0 Å². The molecular weight excluding hydrogens is 889 g/mol. The summed E-state index contributed by atoms with van der Waals surface area (Å²) in [5.74, 6) is -0.980. The largest absolute Gasteiger partial charge is 0.462 e. The van der Waals surface area contributed by atoms with Crippen LogP contribution in [0.1, 0.15) is 233 Å². The number of carbonyl (C=O) groups is 3. The molecule has 0 N–H and O–H groups in total. The Morgan fingerprint density at radius 2 is 0.542 bits per heavy atom. The summed E-state index contributed by atoms with van der Waals surface area (Å²) in [6, 6.07) is 0. The van der Waals surface area contributed by atoms with Crippen molar-refractivity contribution < 1.29 is 28.6 Å². The van der Waals surface area contributed by atoms with Crippen molar-refractivity contribution in [1.29, 1.82) is 0 Å². The SMILES string of the molecule is CC/C=C\C/C=C\C/C=C\C/C=C\C/C=C\C/C=C\C/C=C\CCCCCCCCCC(=O)OCC(COC(=O)CCCCCCC/C=C\CCC)OC(=O)CCCC/C=C\C/C=C\C/C=C\C/C=C\CC. The highest BCUT2D eigenvalue weighted by atomic mass is 16.6. The predicted octanol–water partition coefficient (Wildman–Crippen LogP) is 19.6. The van der Waals surface area contributed by atoms with Crippen LogP contribution in [0.3, 0.4) is 0 Å². The van der Waals surface area contributed by atoms with Crippen LogP contribution in [-0.4, -0.2) is 37.2 Å². The number of unbranched alkanes of at least 4 members (excludes halogenated alkanes) is 15. The van der Waals surface area contributed by atoms with Gasteiger partial charge in [-0.25, -0.2) is 0 Å². The lowest BCUT2D eigenvalue weighted by Crippen LogP contribution is -2.30. The van der Waals surface area contributed by atoms with Gasteiger partial charge in [-0.2, -0.15) is 0 Å². The van der Waals surface area contributed by atoms with E-state index in [1.54, 1.807) is 0 Å². The summed E-state index contributed by atoms with van der Waals surface area (Å²) in [7, 11) is 0. The lowest BCUT2D eigenvalue weighted by atomic mass is 10.1. The van der Waals surface area contributed by atoms with Crippen LogP contribution in [0.2, 0.25) is 0 Å². The third kappa shape index (κ3) is 56.2. The maximum absolute atomic E-state index is 12.8. The topological polar surface area (TPSA) is 78.9 Å². The van der Waals surface area contributed by atoms with Crippen molar-refractivity contribution in [3.8, 4) is 0 Å². The molecule has 404 valence electrons. The first-order valence-electron chi connectivity index (χ1n) is 28.8. The van der Waals surface area contributed by atoms with E-state index in [2.05, 4.69) is 167 Å². The van der Waals surface area contributed by atoms with Gasteiger partial charge in [-0.3, -0.25) is 14.4 Å². The molecule has 1 unspecified atom stereocenters. The van der Waals surface area contributed by atoms with Crippen molar-refractivity contribution in [2.24, 2.45) is 0 Å². The Bertz CT molecular complexity index is 1610. The van der Waals surface area contributed by atoms with Crippen molar-refractivity contribution in [3.05, 3.63) is 146 Å². The molecule has 0 bridgehead atoms. The molecule has 6 nitrogen and oxygen atoms in total. The van der Waals surface area contributed by atoms with E-state index in [4.69, 9.17) is 14.2 Å². The van der Waals surface area contributed by atoms with Crippen molar-refractivity contribution in [2.45, 2.75) is 239 Å². The van der Waals surface area contributed by atoms with Crippen LogP contribution in [0.5, 0.6) is 0 Å². The van der Waals surface area contributed by atoms with Crippen LogP contribution in [0.4, 0.5) is 0 Å². The second-order valence-corrected chi connectivity index (χ2v) is 18.4. The summed E-state index contributed by atoms with van der Waals surface area (Å²) >= 11 is 0. The quantitative estimate of drug-likeness (QED) is 0.0261. The third-order valence-electron chi connectivity index (χ3n) is 11.5. The predicted molar refractivity (Wildman–Crippen MR) is 311 cm³/mol. The van der Waals surface area contributed by atoms with Gasteiger partial charge in [0, 0.05) is 19.3 Å². The molecular formula is C66H104O6. The number of hydrogen-bond donors (Lipinski definition) is 0. The van der Waals surface area contributed by atoms with Crippen molar-refractivity contribution >= 4 is 17.9 Å². The first kappa shape index (κ1) is 67.3. The maximum Gasteiger partial charge on any atom is 0.306 e. The van der Waals surface area contributed by atoms with E-state index in [-0.39, 0.29) is 37.5 Å². The molecule has 0 rings (SSSR count). The van der Waals surface area contributed by atoms with Crippen LogP contribution in [0.25, 0.3) is 0 Å².